The van der Waals surface area contributed by atoms with Crippen molar-refractivity contribution in [2.75, 3.05) is 51.3 Å². The molecular weight excluding hydrogens is 338 g/mol. The van der Waals surface area contributed by atoms with Crippen LogP contribution in [0.15, 0.2) is 22.0 Å². The number of likely N-dealkylation sites (tertiary alicyclic amines) is 1. The number of hydrogen-bond acceptors (Lipinski definition) is 7. The largest absolute Gasteiger partial charge is 0.390 e. The smallest absolute Gasteiger partial charge is 0.226 e. The number of methoxy groups -OCH3 is 1. The Kier molecular flexibility index (Phi) is 4.67. The van der Waals surface area contributed by atoms with Gasteiger partial charge in [0.05, 0.1) is 29.9 Å². The van der Waals surface area contributed by atoms with Crippen molar-refractivity contribution in [3.05, 3.63) is 16.9 Å². The molecule has 8 heteroatoms. The molecule has 7 nitrogen and oxygen atoms in total. The average Bonchev–Trinajstić information content (AvgIpc) is 2.40. The molecule has 0 spiro atoms. The number of hydrogen-bond donors (Lipinski definition) is 0. The van der Waals surface area contributed by atoms with E-state index in [1.807, 2.05) is 0 Å². The van der Waals surface area contributed by atoms with Gasteiger partial charge in [0, 0.05) is 39.1 Å². The Morgan fingerprint density at radius 3 is 2.71 bits per heavy atom. The highest BCUT2D eigenvalue weighted by atomic mass is 79.9. The summed E-state index contributed by atoms with van der Waals surface area (Å²) in [5.41, 5.74) is 1.04. The molecule has 114 valence electrons. The molecular formula is C13H18BrN5O2. The van der Waals surface area contributed by atoms with Crippen LogP contribution in [0.3, 0.4) is 0 Å². The van der Waals surface area contributed by atoms with Crippen LogP contribution in [0.5, 0.6) is 0 Å². The second-order valence-electron chi connectivity index (χ2n) is 5.19. The van der Waals surface area contributed by atoms with Gasteiger partial charge in [0.15, 0.2) is 6.10 Å². The van der Waals surface area contributed by atoms with Gasteiger partial charge >= 0.3 is 0 Å². The number of rotatable bonds is 6. The van der Waals surface area contributed by atoms with Crippen molar-refractivity contribution in [3.63, 3.8) is 0 Å². The highest BCUT2D eigenvalue weighted by Gasteiger charge is 2.30. The summed E-state index contributed by atoms with van der Waals surface area (Å²) in [7, 11) is 1.72. The Labute approximate surface area is 132 Å². The van der Waals surface area contributed by atoms with Gasteiger partial charge in [-0.1, -0.05) is 5.16 Å². The van der Waals surface area contributed by atoms with Crippen molar-refractivity contribution >= 4 is 27.6 Å². The van der Waals surface area contributed by atoms with Gasteiger partial charge in [-0.05, 0) is 15.9 Å². The van der Waals surface area contributed by atoms with E-state index in [1.54, 1.807) is 19.5 Å². The van der Waals surface area contributed by atoms with Crippen molar-refractivity contribution in [1.29, 1.82) is 0 Å². The molecule has 0 radical (unpaired) electrons. The maximum Gasteiger partial charge on any atom is 0.226 e. The van der Waals surface area contributed by atoms with E-state index in [0.717, 1.165) is 55.5 Å². The first-order chi connectivity index (χ1) is 10.2. The number of anilines is 1. The monoisotopic (exact) mass is 355 g/mol. The zero-order valence-corrected chi connectivity index (χ0v) is 13.5. The summed E-state index contributed by atoms with van der Waals surface area (Å²) in [6.07, 6.45) is 3.71. The number of halogens is 1. The Balaban J connectivity index is 1.36. The molecule has 21 heavy (non-hydrogen) atoms. The minimum atomic E-state index is 0.215. The van der Waals surface area contributed by atoms with Gasteiger partial charge in [0.1, 0.15) is 0 Å². The Morgan fingerprint density at radius 1 is 1.33 bits per heavy atom. The van der Waals surface area contributed by atoms with E-state index in [-0.39, 0.29) is 6.10 Å². The average molecular weight is 356 g/mol. The Hall–Kier alpha value is -1.25. The summed E-state index contributed by atoms with van der Waals surface area (Å²) >= 11 is 3.32. The van der Waals surface area contributed by atoms with Crippen LogP contribution in [0.4, 0.5) is 5.95 Å². The molecule has 0 aromatic carbocycles. The zero-order valence-electron chi connectivity index (χ0n) is 11.9. The number of nitrogens with zero attached hydrogens (tertiary/aromatic N) is 5. The molecule has 2 aliphatic rings. The van der Waals surface area contributed by atoms with Crippen LogP contribution >= 0.6 is 15.9 Å². The molecule has 1 aromatic heterocycles. The molecule has 1 aromatic rings. The van der Waals surface area contributed by atoms with E-state index < -0.39 is 0 Å². The molecule has 0 atom stereocenters. The van der Waals surface area contributed by atoms with Crippen LogP contribution in [0.2, 0.25) is 0 Å². The molecule has 0 bridgehead atoms. The normalized spacial score (nSPS) is 19.1. The summed E-state index contributed by atoms with van der Waals surface area (Å²) in [5, 5.41) is 4.21. The fourth-order valence-corrected chi connectivity index (χ4v) is 2.41. The van der Waals surface area contributed by atoms with Crippen molar-refractivity contribution in [3.8, 4) is 0 Å². The fraction of sp³-hybridized carbons (Fsp3) is 0.615. The SMILES string of the molecule is COCCN1CC(ON=C2CN(c3ncc(Br)cn3)C2)C1. The lowest BCUT2D eigenvalue weighted by molar-refractivity contribution is -0.0589. The van der Waals surface area contributed by atoms with Gasteiger partial charge < -0.3 is 14.5 Å². The molecule has 0 unspecified atom stereocenters. The van der Waals surface area contributed by atoms with Gasteiger partial charge in [0.2, 0.25) is 5.95 Å². The van der Waals surface area contributed by atoms with Gasteiger partial charge in [-0.25, -0.2) is 9.97 Å². The van der Waals surface area contributed by atoms with Gasteiger partial charge in [-0.2, -0.15) is 0 Å². The lowest BCUT2D eigenvalue weighted by Crippen LogP contribution is -2.53. The predicted molar refractivity (Wildman–Crippen MR) is 82.6 cm³/mol. The van der Waals surface area contributed by atoms with E-state index in [1.165, 1.54) is 0 Å². The molecule has 0 N–H and O–H groups in total. The minimum absolute atomic E-state index is 0.215. The van der Waals surface area contributed by atoms with Crippen LogP contribution in [-0.4, -0.2) is 73.1 Å². The lowest BCUT2D eigenvalue weighted by Gasteiger charge is -2.38. The molecule has 0 amide bonds. The van der Waals surface area contributed by atoms with Crippen LogP contribution in [-0.2, 0) is 9.57 Å². The topological polar surface area (TPSA) is 63.1 Å². The Morgan fingerprint density at radius 2 is 2.05 bits per heavy atom. The molecule has 3 rings (SSSR count). The molecule has 2 aliphatic heterocycles. The summed E-state index contributed by atoms with van der Waals surface area (Å²) in [6.45, 7) is 5.06. The van der Waals surface area contributed by atoms with E-state index >= 15 is 0 Å². The van der Waals surface area contributed by atoms with Crippen molar-refractivity contribution < 1.29 is 9.57 Å². The maximum atomic E-state index is 5.53. The first kappa shape index (κ1) is 14.7. The molecule has 2 saturated heterocycles. The van der Waals surface area contributed by atoms with Gasteiger partial charge in [-0.15, -0.1) is 0 Å². The van der Waals surface area contributed by atoms with Crippen molar-refractivity contribution in [1.82, 2.24) is 14.9 Å². The number of ether oxygens (including phenoxy) is 1. The minimum Gasteiger partial charge on any atom is -0.390 e. The number of oxime groups is 1. The van der Waals surface area contributed by atoms with E-state index in [2.05, 4.69) is 40.9 Å². The summed E-state index contributed by atoms with van der Waals surface area (Å²) < 4.78 is 5.92. The van der Waals surface area contributed by atoms with Crippen LogP contribution < -0.4 is 4.90 Å². The Bertz CT molecular complexity index is 496. The molecule has 0 saturated carbocycles. The molecule has 0 aliphatic carbocycles. The van der Waals surface area contributed by atoms with Crippen molar-refractivity contribution in [2.24, 2.45) is 5.16 Å². The third kappa shape index (κ3) is 3.69. The third-order valence-corrected chi connectivity index (χ3v) is 3.91. The van der Waals surface area contributed by atoms with E-state index in [9.17, 15) is 0 Å². The summed E-state index contributed by atoms with van der Waals surface area (Å²) in [6, 6.07) is 0. The fourth-order valence-electron chi connectivity index (χ4n) is 2.20. The van der Waals surface area contributed by atoms with E-state index in [4.69, 9.17) is 9.57 Å². The van der Waals surface area contributed by atoms with Crippen LogP contribution in [0, 0.1) is 0 Å². The van der Waals surface area contributed by atoms with Gasteiger partial charge in [0.25, 0.3) is 0 Å². The first-order valence-electron chi connectivity index (χ1n) is 6.90. The summed E-state index contributed by atoms with van der Waals surface area (Å²) in [4.78, 5) is 18.4. The maximum absolute atomic E-state index is 5.53. The predicted octanol–water partition coefficient (Wildman–Crippen LogP) is 0.762. The third-order valence-electron chi connectivity index (χ3n) is 3.50. The highest BCUT2D eigenvalue weighted by molar-refractivity contribution is 9.10. The van der Waals surface area contributed by atoms with Crippen LogP contribution in [0.1, 0.15) is 0 Å². The zero-order chi connectivity index (χ0) is 14.7. The summed E-state index contributed by atoms with van der Waals surface area (Å²) in [5.74, 6) is 0.728. The second kappa shape index (κ2) is 6.67. The van der Waals surface area contributed by atoms with E-state index in [0.29, 0.717) is 0 Å². The standard InChI is InChI=1S/C13H18BrN5O2/c1-20-3-2-18-8-12(9-18)21-17-11-6-19(7-11)13-15-4-10(14)5-16-13/h4-5,12H,2-3,6-9H2,1H3. The lowest BCUT2D eigenvalue weighted by atomic mass is 10.2. The molecule has 3 heterocycles. The quantitative estimate of drug-likeness (QED) is 0.702. The first-order valence-corrected chi connectivity index (χ1v) is 7.69. The van der Waals surface area contributed by atoms with Gasteiger partial charge in [-0.3, -0.25) is 4.90 Å². The highest BCUT2D eigenvalue weighted by Crippen LogP contribution is 2.17. The number of aromatic nitrogens is 2. The van der Waals surface area contributed by atoms with Crippen LogP contribution in [0.25, 0.3) is 0 Å². The molecule has 2 fully saturated rings. The van der Waals surface area contributed by atoms with Crippen molar-refractivity contribution in [2.45, 2.75) is 6.10 Å². The second-order valence-corrected chi connectivity index (χ2v) is 6.11.